The van der Waals surface area contributed by atoms with Crippen LogP contribution in [0.1, 0.15) is 6.42 Å². The van der Waals surface area contributed by atoms with E-state index in [1.165, 1.54) is 3.11 Å². The highest BCUT2D eigenvalue weighted by atomic mass is 127. The van der Waals surface area contributed by atoms with Gasteiger partial charge in [0.1, 0.15) is 0 Å². The Kier molecular flexibility index (Phi) is 1.50. The molecule has 0 aromatic carbocycles. The molecule has 0 N–H and O–H groups in total. The molecule has 1 aliphatic rings. The van der Waals surface area contributed by atoms with Crippen LogP contribution in [0.5, 0.6) is 0 Å². The monoisotopic (exact) mass is 225 g/mol. The Morgan fingerprint density at radius 2 is 2.12 bits per heavy atom. The van der Waals surface area contributed by atoms with Crippen LogP contribution in [0.25, 0.3) is 0 Å². The predicted octanol–water partition coefficient (Wildman–Crippen LogP) is 0.138. The molecule has 0 spiro atoms. The Balaban J connectivity index is 2.71. The lowest BCUT2D eigenvalue weighted by Crippen LogP contribution is -2.16. The smallest absolute Gasteiger partial charge is 0.289 e. The van der Waals surface area contributed by atoms with Crippen molar-refractivity contribution < 1.29 is 9.59 Å². The van der Waals surface area contributed by atoms with Gasteiger partial charge in [-0.25, -0.2) is 0 Å². The van der Waals surface area contributed by atoms with Gasteiger partial charge >= 0.3 is 0 Å². The van der Waals surface area contributed by atoms with Crippen LogP contribution >= 0.6 is 22.9 Å². The third-order valence-corrected chi connectivity index (χ3v) is 1.91. The number of Topliss-reactive ketones (excluding diaryl/α,β-unsaturated/α-hetero) is 1. The molecule has 1 amide bonds. The molecular weight excluding hydrogens is 221 g/mol. The zero-order valence-corrected chi connectivity index (χ0v) is 6.21. The van der Waals surface area contributed by atoms with Gasteiger partial charge in [0.2, 0.25) is 5.78 Å². The summed E-state index contributed by atoms with van der Waals surface area (Å²) < 4.78 is 1.40. The van der Waals surface area contributed by atoms with E-state index in [0.717, 1.165) is 0 Å². The number of amides is 1. The van der Waals surface area contributed by atoms with Crippen LogP contribution in [0.4, 0.5) is 0 Å². The van der Waals surface area contributed by atoms with E-state index in [1.54, 1.807) is 0 Å². The quantitative estimate of drug-likeness (QED) is 0.334. The van der Waals surface area contributed by atoms with Crippen LogP contribution < -0.4 is 0 Å². The highest BCUT2D eigenvalue weighted by molar-refractivity contribution is 14.1. The molecule has 0 atom stereocenters. The van der Waals surface area contributed by atoms with Crippen molar-refractivity contribution in [2.24, 2.45) is 0 Å². The fourth-order valence-corrected chi connectivity index (χ4v) is 1.05. The lowest BCUT2D eigenvalue weighted by molar-refractivity contribution is -0.136. The number of hydrogen-bond donors (Lipinski definition) is 0. The van der Waals surface area contributed by atoms with E-state index in [9.17, 15) is 9.59 Å². The van der Waals surface area contributed by atoms with E-state index in [2.05, 4.69) is 0 Å². The molecule has 3 nitrogen and oxygen atoms in total. The summed E-state index contributed by atoms with van der Waals surface area (Å²) in [6, 6.07) is 0. The number of carbonyl (C=O) groups is 2. The molecule has 1 fully saturated rings. The second-order valence-electron chi connectivity index (χ2n) is 1.56. The Morgan fingerprint density at radius 3 is 2.25 bits per heavy atom. The summed E-state index contributed by atoms with van der Waals surface area (Å²) in [6.45, 7) is 0.582. The lowest BCUT2D eigenvalue weighted by Gasteiger charge is -1.97. The second-order valence-corrected chi connectivity index (χ2v) is 2.73. The van der Waals surface area contributed by atoms with Crippen LogP contribution in [0.3, 0.4) is 0 Å². The molecule has 0 unspecified atom stereocenters. The van der Waals surface area contributed by atoms with Crippen molar-refractivity contribution in [2.75, 3.05) is 6.54 Å². The second kappa shape index (κ2) is 2.00. The topological polar surface area (TPSA) is 37.4 Å². The molecule has 0 aliphatic carbocycles. The minimum absolute atomic E-state index is 0.264. The van der Waals surface area contributed by atoms with E-state index < -0.39 is 0 Å². The van der Waals surface area contributed by atoms with Crippen molar-refractivity contribution in [3.05, 3.63) is 0 Å². The van der Waals surface area contributed by atoms with Crippen LogP contribution in [0, 0.1) is 0 Å². The first-order chi connectivity index (χ1) is 3.72. The van der Waals surface area contributed by atoms with Gasteiger partial charge in [0.05, 0.1) is 22.9 Å². The van der Waals surface area contributed by atoms with E-state index >= 15 is 0 Å². The number of hydrogen-bond acceptors (Lipinski definition) is 2. The summed E-state index contributed by atoms with van der Waals surface area (Å²) in [7, 11) is 0. The largest absolute Gasteiger partial charge is 0.298 e. The third-order valence-electron chi connectivity index (χ3n) is 0.994. The van der Waals surface area contributed by atoms with Crippen LogP contribution in [-0.4, -0.2) is 21.3 Å². The van der Waals surface area contributed by atoms with Crippen molar-refractivity contribution in [1.82, 2.24) is 3.11 Å². The minimum Gasteiger partial charge on any atom is -0.289 e. The molecule has 0 aromatic rings. The maximum atomic E-state index is 10.5. The van der Waals surface area contributed by atoms with Gasteiger partial charge in [0.25, 0.3) is 5.91 Å². The molecule has 8 heavy (non-hydrogen) atoms. The Bertz CT molecular complexity index is 145. The van der Waals surface area contributed by atoms with Gasteiger partial charge in [0.15, 0.2) is 0 Å². The maximum absolute atomic E-state index is 10.5. The van der Waals surface area contributed by atoms with Crippen molar-refractivity contribution in [3.8, 4) is 0 Å². The van der Waals surface area contributed by atoms with Gasteiger partial charge < -0.3 is 0 Å². The summed E-state index contributed by atoms with van der Waals surface area (Å²) in [5, 5.41) is 0. The SMILES string of the molecule is O=C1CCN(I)C1=O. The number of halogens is 1. The Labute approximate surface area is 60.5 Å². The Morgan fingerprint density at radius 1 is 1.50 bits per heavy atom. The molecule has 4 heteroatoms. The van der Waals surface area contributed by atoms with Gasteiger partial charge in [-0.15, -0.1) is 0 Å². The maximum Gasteiger partial charge on any atom is 0.298 e. The van der Waals surface area contributed by atoms with E-state index in [-0.39, 0.29) is 11.7 Å². The summed E-state index contributed by atoms with van der Waals surface area (Å²) in [4.78, 5) is 20.9. The van der Waals surface area contributed by atoms with Gasteiger partial charge in [0, 0.05) is 13.0 Å². The average Bonchev–Trinajstić information content (AvgIpc) is 1.98. The number of carbonyl (C=O) groups excluding carboxylic acids is 2. The fourth-order valence-electron chi connectivity index (χ4n) is 0.543. The standard InChI is InChI=1S/C4H4INO2/c5-6-2-1-3(7)4(6)8/h1-2H2. The molecule has 0 bridgehead atoms. The minimum atomic E-state index is -0.356. The molecule has 1 saturated heterocycles. The predicted molar refractivity (Wildman–Crippen MR) is 35.4 cm³/mol. The van der Waals surface area contributed by atoms with Crippen molar-refractivity contribution in [1.29, 1.82) is 0 Å². The fraction of sp³-hybridized carbons (Fsp3) is 0.500. The third kappa shape index (κ3) is 0.841. The molecule has 1 rings (SSSR count). The van der Waals surface area contributed by atoms with E-state index in [0.29, 0.717) is 13.0 Å². The first kappa shape index (κ1) is 6.00. The van der Waals surface area contributed by atoms with Crippen LogP contribution in [-0.2, 0) is 9.59 Å². The van der Waals surface area contributed by atoms with Crippen molar-refractivity contribution in [2.45, 2.75) is 6.42 Å². The van der Waals surface area contributed by atoms with Gasteiger partial charge in [-0.05, 0) is 0 Å². The first-order valence-electron chi connectivity index (χ1n) is 2.22. The highest BCUT2D eigenvalue weighted by Gasteiger charge is 2.26. The molecule has 1 heterocycles. The summed E-state index contributed by atoms with van der Waals surface area (Å²) in [6.07, 6.45) is 0.391. The van der Waals surface area contributed by atoms with Gasteiger partial charge in [-0.3, -0.25) is 12.7 Å². The highest BCUT2D eigenvalue weighted by Crippen LogP contribution is 2.10. The van der Waals surface area contributed by atoms with E-state index in [1.807, 2.05) is 22.9 Å². The number of rotatable bonds is 0. The Hall–Kier alpha value is -0.130. The molecule has 0 radical (unpaired) electrons. The molecule has 0 aromatic heterocycles. The van der Waals surface area contributed by atoms with Crippen molar-refractivity contribution in [3.63, 3.8) is 0 Å². The van der Waals surface area contributed by atoms with E-state index in [4.69, 9.17) is 0 Å². The lowest BCUT2D eigenvalue weighted by atomic mass is 10.3. The molecule has 0 saturated carbocycles. The molecule has 44 valence electrons. The first-order valence-corrected chi connectivity index (χ1v) is 3.19. The average molecular weight is 225 g/mol. The summed E-state index contributed by atoms with van der Waals surface area (Å²) in [5.74, 6) is -0.620. The van der Waals surface area contributed by atoms with Gasteiger partial charge in [-0.1, -0.05) is 0 Å². The van der Waals surface area contributed by atoms with Gasteiger partial charge in [-0.2, -0.15) is 0 Å². The number of nitrogens with zero attached hydrogens (tertiary/aromatic N) is 1. The zero-order valence-electron chi connectivity index (χ0n) is 4.06. The summed E-state index contributed by atoms with van der Waals surface area (Å²) in [5.41, 5.74) is 0. The van der Waals surface area contributed by atoms with Crippen LogP contribution in [0.2, 0.25) is 0 Å². The zero-order chi connectivity index (χ0) is 6.15. The number of ketones is 1. The summed E-state index contributed by atoms with van der Waals surface area (Å²) >= 11 is 1.84. The molecule has 1 aliphatic heterocycles. The van der Waals surface area contributed by atoms with Crippen molar-refractivity contribution >= 4 is 34.6 Å². The normalized spacial score (nSPS) is 20.4. The molecular formula is C4H4INO2. The van der Waals surface area contributed by atoms with Crippen LogP contribution in [0.15, 0.2) is 0 Å².